The minimum Gasteiger partial charge on any atom is -0.312 e. The summed E-state index contributed by atoms with van der Waals surface area (Å²) in [6, 6.07) is 13.7. The molecule has 4 heteroatoms. The van der Waals surface area contributed by atoms with E-state index in [1.165, 1.54) is 6.42 Å². The summed E-state index contributed by atoms with van der Waals surface area (Å²) in [4.78, 5) is 11.9. The molecule has 2 aromatic rings. The van der Waals surface area contributed by atoms with Crippen LogP contribution in [-0.2, 0) is 6.54 Å². The van der Waals surface area contributed by atoms with Gasteiger partial charge in [0, 0.05) is 17.7 Å². The number of benzene rings is 1. The van der Waals surface area contributed by atoms with Crippen molar-refractivity contribution in [1.29, 1.82) is 0 Å². The van der Waals surface area contributed by atoms with Crippen LogP contribution in [0.5, 0.6) is 0 Å². The van der Waals surface area contributed by atoms with Crippen molar-refractivity contribution in [2.45, 2.75) is 25.4 Å². The third kappa shape index (κ3) is 2.74. The van der Waals surface area contributed by atoms with E-state index in [-0.39, 0.29) is 5.56 Å². The van der Waals surface area contributed by atoms with Gasteiger partial charge in [-0.05, 0) is 25.5 Å². The largest absolute Gasteiger partial charge is 0.312 e. The van der Waals surface area contributed by atoms with Gasteiger partial charge in [-0.15, -0.1) is 0 Å². The van der Waals surface area contributed by atoms with Crippen molar-refractivity contribution in [2.75, 3.05) is 6.54 Å². The van der Waals surface area contributed by atoms with Gasteiger partial charge in [0.05, 0.1) is 12.2 Å². The van der Waals surface area contributed by atoms with Crippen LogP contribution in [0.2, 0.25) is 0 Å². The summed E-state index contributed by atoms with van der Waals surface area (Å²) < 4.78 is 1.57. The topological polar surface area (TPSA) is 46.9 Å². The van der Waals surface area contributed by atoms with Crippen LogP contribution in [0.3, 0.4) is 0 Å². The van der Waals surface area contributed by atoms with E-state index in [0.717, 1.165) is 24.2 Å². The van der Waals surface area contributed by atoms with E-state index in [4.69, 9.17) is 0 Å². The van der Waals surface area contributed by atoms with Gasteiger partial charge in [0.15, 0.2) is 0 Å². The zero-order valence-electron chi connectivity index (χ0n) is 10.7. The molecule has 0 aliphatic carbocycles. The fraction of sp³-hybridized carbons (Fsp3) is 0.333. The van der Waals surface area contributed by atoms with Gasteiger partial charge in [-0.1, -0.05) is 30.3 Å². The Morgan fingerprint density at radius 2 is 2.05 bits per heavy atom. The summed E-state index contributed by atoms with van der Waals surface area (Å²) in [6.07, 6.45) is 2.29. The standard InChI is InChI=1S/C15H17N3O/c19-15-9-8-14(12-5-2-1-3-6-12)17-18(15)11-13-7-4-10-16-13/h1-3,5-6,8-9,13,16H,4,7,10-11H2/t13-/m1/s1. The fourth-order valence-corrected chi connectivity index (χ4v) is 2.46. The summed E-state index contributed by atoms with van der Waals surface area (Å²) in [5, 5.41) is 7.86. The van der Waals surface area contributed by atoms with Crippen molar-refractivity contribution in [3.8, 4) is 11.3 Å². The normalized spacial score (nSPS) is 18.6. The molecule has 0 saturated carbocycles. The number of nitrogens with one attached hydrogen (secondary N) is 1. The van der Waals surface area contributed by atoms with Crippen molar-refractivity contribution in [3.63, 3.8) is 0 Å². The summed E-state index contributed by atoms with van der Waals surface area (Å²) in [5.74, 6) is 0. The first kappa shape index (κ1) is 12.1. The lowest BCUT2D eigenvalue weighted by atomic mass is 10.1. The van der Waals surface area contributed by atoms with Crippen LogP contribution in [-0.4, -0.2) is 22.4 Å². The van der Waals surface area contributed by atoms with E-state index in [9.17, 15) is 4.79 Å². The molecule has 2 heterocycles. The number of aromatic nitrogens is 2. The first-order chi connectivity index (χ1) is 9.33. The quantitative estimate of drug-likeness (QED) is 0.907. The van der Waals surface area contributed by atoms with Crippen LogP contribution in [0.4, 0.5) is 0 Å². The van der Waals surface area contributed by atoms with Gasteiger partial charge in [0.2, 0.25) is 0 Å². The third-order valence-corrected chi connectivity index (χ3v) is 3.49. The molecule has 0 radical (unpaired) electrons. The van der Waals surface area contributed by atoms with Crippen LogP contribution < -0.4 is 10.9 Å². The lowest BCUT2D eigenvalue weighted by Gasteiger charge is -2.12. The third-order valence-electron chi connectivity index (χ3n) is 3.49. The monoisotopic (exact) mass is 255 g/mol. The Bertz CT molecular complexity index is 600. The highest BCUT2D eigenvalue weighted by molar-refractivity contribution is 5.57. The second-order valence-corrected chi connectivity index (χ2v) is 4.90. The minimum atomic E-state index is -0.0339. The summed E-state index contributed by atoms with van der Waals surface area (Å²) >= 11 is 0. The first-order valence-corrected chi connectivity index (χ1v) is 6.70. The van der Waals surface area contributed by atoms with E-state index in [1.54, 1.807) is 16.8 Å². The molecular weight excluding hydrogens is 238 g/mol. The molecule has 1 atom stereocenters. The molecule has 0 unspecified atom stereocenters. The average Bonchev–Trinajstić information content (AvgIpc) is 2.95. The van der Waals surface area contributed by atoms with Gasteiger partial charge in [0.1, 0.15) is 0 Å². The molecule has 1 N–H and O–H groups in total. The van der Waals surface area contributed by atoms with E-state index in [0.29, 0.717) is 12.6 Å². The zero-order valence-corrected chi connectivity index (χ0v) is 10.7. The minimum absolute atomic E-state index is 0.0339. The number of hydrogen-bond acceptors (Lipinski definition) is 3. The van der Waals surface area contributed by atoms with Gasteiger partial charge in [-0.3, -0.25) is 4.79 Å². The second-order valence-electron chi connectivity index (χ2n) is 4.90. The summed E-state index contributed by atoms with van der Waals surface area (Å²) in [7, 11) is 0. The first-order valence-electron chi connectivity index (χ1n) is 6.70. The molecule has 0 amide bonds. The van der Waals surface area contributed by atoms with Gasteiger partial charge in [0.25, 0.3) is 5.56 Å². The van der Waals surface area contributed by atoms with Crippen molar-refractivity contribution in [2.24, 2.45) is 0 Å². The molecule has 0 bridgehead atoms. The zero-order chi connectivity index (χ0) is 13.1. The van der Waals surface area contributed by atoms with Gasteiger partial charge < -0.3 is 5.32 Å². The molecule has 1 fully saturated rings. The average molecular weight is 255 g/mol. The van der Waals surface area contributed by atoms with Crippen LogP contribution in [0, 0.1) is 0 Å². The Morgan fingerprint density at radius 3 is 2.79 bits per heavy atom. The molecular formula is C15H17N3O. The molecule has 3 rings (SSSR count). The Labute approximate surface area is 112 Å². The Hall–Kier alpha value is -1.94. The van der Waals surface area contributed by atoms with E-state index in [1.807, 2.05) is 30.3 Å². The molecule has 98 valence electrons. The van der Waals surface area contributed by atoms with E-state index >= 15 is 0 Å². The summed E-state index contributed by atoms with van der Waals surface area (Å²) in [6.45, 7) is 1.69. The highest BCUT2D eigenvalue weighted by atomic mass is 16.1. The second kappa shape index (κ2) is 5.36. The molecule has 4 nitrogen and oxygen atoms in total. The van der Waals surface area contributed by atoms with Crippen molar-refractivity contribution < 1.29 is 0 Å². The number of hydrogen-bond donors (Lipinski definition) is 1. The number of nitrogens with zero attached hydrogens (tertiary/aromatic N) is 2. The van der Waals surface area contributed by atoms with E-state index < -0.39 is 0 Å². The smallest absolute Gasteiger partial charge is 0.266 e. The Morgan fingerprint density at radius 1 is 1.21 bits per heavy atom. The van der Waals surface area contributed by atoms with Crippen LogP contribution in [0.15, 0.2) is 47.3 Å². The molecule has 1 saturated heterocycles. The van der Waals surface area contributed by atoms with Gasteiger partial charge >= 0.3 is 0 Å². The molecule has 0 spiro atoms. The molecule has 1 aromatic heterocycles. The lowest BCUT2D eigenvalue weighted by Crippen LogP contribution is -2.33. The maximum absolute atomic E-state index is 11.9. The van der Waals surface area contributed by atoms with Crippen molar-refractivity contribution >= 4 is 0 Å². The van der Waals surface area contributed by atoms with Gasteiger partial charge in [-0.2, -0.15) is 5.10 Å². The fourth-order valence-electron chi connectivity index (χ4n) is 2.46. The number of rotatable bonds is 3. The molecule has 1 aromatic carbocycles. The van der Waals surface area contributed by atoms with Crippen LogP contribution >= 0.6 is 0 Å². The highest BCUT2D eigenvalue weighted by Crippen LogP contribution is 2.14. The summed E-state index contributed by atoms with van der Waals surface area (Å²) in [5.41, 5.74) is 1.85. The highest BCUT2D eigenvalue weighted by Gasteiger charge is 2.15. The maximum Gasteiger partial charge on any atom is 0.266 e. The van der Waals surface area contributed by atoms with Crippen molar-refractivity contribution in [1.82, 2.24) is 15.1 Å². The predicted molar refractivity (Wildman–Crippen MR) is 75.0 cm³/mol. The Balaban J connectivity index is 1.89. The van der Waals surface area contributed by atoms with Crippen LogP contribution in [0.1, 0.15) is 12.8 Å². The van der Waals surface area contributed by atoms with Crippen LogP contribution in [0.25, 0.3) is 11.3 Å². The molecule has 19 heavy (non-hydrogen) atoms. The SMILES string of the molecule is O=c1ccc(-c2ccccc2)nn1C[C@H]1CCCN1. The molecule has 1 aliphatic rings. The van der Waals surface area contributed by atoms with Crippen molar-refractivity contribution in [3.05, 3.63) is 52.8 Å². The van der Waals surface area contributed by atoms with E-state index in [2.05, 4.69) is 10.4 Å². The maximum atomic E-state index is 11.9. The lowest BCUT2D eigenvalue weighted by molar-refractivity contribution is 0.460. The van der Waals surface area contributed by atoms with Gasteiger partial charge in [-0.25, -0.2) is 4.68 Å². The Kier molecular flexibility index (Phi) is 3.42. The molecule has 1 aliphatic heterocycles. The predicted octanol–water partition coefficient (Wildman–Crippen LogP) is 1.66.